The Morgan fingerprint density at radius 1 is 1.15 bits per heavy atom. The van der Waals surface area contributed by atoms with Crippen LogP contribution in [0, 0.1) is 0 Å². The van der Waals surface area contributed by atoms with Gasteiger partial charge in [-0.2, -0.15) is 32.9 Å². The molecule has 1 aromatic rings. The number of ketones is 1. The highest BCUT2D eigenvalue weighted by Crippen LogP contribution is 2.29. The van der Waals surface area contributed by atoms with Crippen LogP contribution in [-0.2, 0) is 19.1 Å². The van der Waals surface area contributed by atoms with E-state index in [4.69, 9.17) is 0 Å². The highest BCUT2D eigenvalue weighted by Gasteiger charge is 2.48. The Morgan fingerprint density at radius 2 is 1.65 bits per heavy atom. The first-order valence-corrected chi connectivity index (χ1v) is 8.06. The van der Waals surface area contributed by atoms with Crippen molar-refractivity contribution >= 4 is 27.2 Å². The van der Waals surface area contributed by atoms with Gasteiger partial charge in [-0.25, -0.2) is 0 Å². The molecule has 0 bridgehead atoms. The van der Waals surface area contributed by atoms with Crippen molar-refractivity contribution in [1.82, 2.24) is 0 Å². The fourth-order valence-electron chi connectivity index (χ4n) is 1.47. The smallest absolute Gasteiger partial charge is 0.300 e. The molecule has 1 aliphatic carbocycles. The molecule has 0 aromatic carbocycles. The molecule has 20 heavy (non-hydrogen) atoms. The predicted octanol–water partition coefficient (Wildman–Crippen LogP) is 3.11. The van der Waals surface area contributed by atoms with E-state index in [0.717, 1.165) is 0 Å². The lowest BCUT2D eigenvalue weighted by molar-refractivity contribution is -0.121. The van der Waals surface area contributed by atoms with Crippen LogP contribution in [0.15, 0.2) is 22.9 Å². The lowest BCUT2D eigenvalue weighted by Crippen LogP contribution is -2.32. The number of thiophene rings is 1. The number of rotatable bonds is 2. The Kier molecular flexibility index (Phi) is 6.15. The highest BCUT2D eigenvalue weighted by atomic mass is 32.2. The summed E-state index contributed by atoms with van der Waals surface area (Å²) in [5.74, 6) is -0.0840. The maximum atomic E-state index is 11.9. The average molecular weight is 330 g/mol. The van der Waals surface area contributed by atoms with Crippen molar-refractivity contribution in [1.29, 1.82) is 0 Å². The molecule has 1 aliphatic rings. The molecule has 9 heteroatoms. The molecule has 1 saturated carbocycles. The van der Waals surface area contributed by atoms with Crippen LogP contribution < -0.4 is 0 Å². The van der Waals surface area contributed by atoms with Gasteiger partial charge in [0.1, 0.15) is 5.78 Å². The minimum atomic E-state index is -5.53. The summed E-state index contributed by atoms with van der Waals surface area (Å²) in [6, 6.07) is 4.04. The van der Waals surface area contributed by atoms with Crippen molar-refractivity contribution < 1.29 is 30.6 Å². The molecule has 0 spiro atoms. The molecule has 0 atom stereocenters. The van der Waals surface area contributed by atoms with E-state index in [-0.39, 0.29) is 31.5 Å². The van der Waals surface area contributed by atoms with Crippen LogP contribution in [0.1, 0.15) is 25.7 Å². The highest BCUT2D eigenvalue weighted by molar-refractivity contribution is 7.87. The normalized spacial score (nSPS) is 17.4. The van der Waals surface area contributed by atoms with Gasteiger partial charge in [-0.1, -0.05) is 12.1 Å². The summed E-state index contributed by atoms with van der Waals surface area (Å²) in [5, 5.41) is 4.08. The van der Waals surface area contributed by atoms with Gasteiger partial charge >= 0.3 is 15.6 Å². The summed E-state index contributed by atoms with van der Waals surface area (Å²) < 4.78 is 60.8. The molecule has 0 amide bonds. The zero-order valence-corrected chi connectivity index (χ0v) is 11.9. The number of carbonyl (C=O) groups excluding carboxylic acids is 1. The second-order valence-corrected chi connectivity index (χ2v) is 6.41. The van der Waals surface area contributed by atoms with E-state index in [0.29, 0.717) is 0 Å². The molecule has 1 fully saturated rings. The first-order valence-electron chi connectivity index (χ1n) is 5.71. The minimum absolute atomic E-state index is 0.0220. The maximum Gasteiger partial charge on any atom is 0.523 e. The van der Waals surface area contributed by atoms with E-state index in [2.05, 4.69) is 4.18 Å². The Bertz CT molecular complexity index is 481. The van der Waals surface area contributed by atoms with Gasteiger partial charge in [0.15, 0.2) is 0 Å². The van der Waals surface area contributed by atoms with Gasteiger partial charge in [-0.15, -0.1) is 0 Å². The number of hydrogen-bond donors (Lipinski definition) is 0. The van der Waals surface area contributed by atoms with Gasteiger partial charge in [0.05, 0.1) is 6.10 Å². The van der Waals surface area contributed by atoms with E-state index in [1.54, 1.807) is 11.3 Å². The summed E-state index contributed by atoms with van der Waals surface area (Å²) in [5.41, 5.74) is -5.39. The summed E-state index contributed by atoms with van der Waals surface area (Å²) in [4.78, 5) is 10.7. The van der Waals surface area contributed by atoms with Crippen molar-refractivity contribution in [2.45, 2.75) is 37.3 Å². The van der Waals surface area contributed by atoms with Gasteiger partial charge in [0, 0.05) is 12.8 Å². The van der Waals surface area contributed by atoms with E-state index in [1.165, 1.54) is 0 Å². The zero-order chi connectivity index (χ0) is 15.2. The van der Waals surface area contributed by atoms with Crippen molar-refractivity contribution in [3.8, 4) is 0 Å². The van der Waals surface area contributed by atoms with Crippen LogP contribution in [0.25, 0.3) is 0 Å². The predicted molar refractivity (Wildman–Crippen MR) is 67.6 cm³/mol. The fraction of sp³-hybridized carbons (Fsp3) is 0.545. The molecule has 4 nitrogen and oxygen atoms in total. The lowest BCUT2D eigenvalue weighted by atomic mass is 9.97. The molecule has 0 aliphatic heterocycles. The second kappa shape index (κ2) is 7.19. The molecule has 0 unspecified atom stereocenters. The zero-order valence-electron chi connectivity index (χ0n) is 10.3. The quantitative estimate of drug-likeness (QED) is 0.617. The summed E-state index contributed by atoms with van der Waals surface area (Å²) in [6.45, 7) is 0. The molecular weight excluding hydrogens is 317 g/mol. The Hall–Kier alpha value is -0.930. The van der Waals surface area contributed by atoms with Crippen LogP contribution in [0.4, 0.5) is 13.2 Å². The monoisotopic (exact) mass is 330 g/mol. The number of hydrogen-bond acceptors (Lipinski definition) is 5. The van der Waals surface area contributed by atoms with Gasteiger partial charge in [0.2, 0.25) is 0 Å². The number of Topliss-reactive ketones (excluding diaryl/α,β-unsaturated/α-hetero) is 1. The van der Waals surface area contributed by atoms with Crippen LogP contribution in [0.2, 0.25) is 0 Å². The van der Waals surface area contributed by atoms with E-state index in [9.17, 15) is 26.4 Å². The largest absolute Gasteiger partial charge is 0.523 e. The molecular formula is C11H13F3O4S2. The Morgan fingerprint density at radius 3 is 2.00 bits per heavy atom. The van der Waals surface area contributed by atoms with E-state index < -0.39 is 21.7 Å². The third kappa shape index (κ3) is 5.59. The average Bonchev–Trinajstić information content (AvgIpc) is 2.89. The van der Waals surface area contributed by atoms with Crippen LogP contribution in [0.5, 0.6) is 0 Å². The van der Waals surface area contributed by atoms with Crippen LogP contribution in [-0.4, -0.2) is 25.8 Å². The summed E-state index contributed by atoms with van der Waals surface area (Å²) in [7, 11) is -5.53. The van der Waals surface area contributed by atoms with Crippen LogP contribution in [0.3, 0.4) is 0 Å². The molecule has 0 radical (unpaired) electrons. The molecule has 2 rings (SSSR count). The van der Waals surface area contributed by atoms with Gasteiger partial charge < -0.3 is 0 Å². The van der Waals surface area contributed by atoms with Crippen molar-refractivity contribution in [2.24, 2.45) is 0 Å². The maximum absolute atomic E-state index is 11.9. The summed E-state index contributed by atoms with van der Waals surface area (Å²) in [6.07, 6.45) is -0.854. The van der Waals surface area contributed by atoms with E-state index >= 15 is 0 Å². The molecule has 1 heterocycles. The van der Waals surface area contributed by atoms with Crippen molar-refractivity contribution in [2.75, 3.05) is 0 Å². The standard InChI is InChI=1S/C7H9F3O4S.C4H4S/c8-7(9,10)15(12,13)14-6-3-1-5(11)2-4-6;1-2-4-5-3-1/h6H,1-4H2;1-4H. The van der Waals surface area contributed by atoms with Crippen molar-refractivity contribution in [3.63, 3.8) is 0 Å². The second-order valence-electron chi connectivity index (χ2n) is 4.03. The number of halogens is 3. The SMILES string of the molecule is O=C1CCC(OS(=O)(=O)C(F)(F)F)CC1.c1ccsc1. The first kappa shape index (κ1) is 17.1. The van der Waals surface area contributed by atoms with Crippen LogP contribution >= 0.6 is 11.3 Å². The third-order valence-corrected chi connectivity index (χ3v) is 4.18. The first-order chi connectivity index (χ1) is 9.22. The summed E-state index contributed by atoms with van der Waals surface area (Å²) >= 11 is 1.71. The molecule has 114 valence electrons. The Labute approximate surface area is 118 Å². The van der Waals surface area contributed by atoms with Gasteiger partial charge in [-0.3, -0.25) is 8.98 Å². The molecule has 1 aromatic heterocycles. The molecule has 0 saturated heterocycles. The van der Waals surface area contributed by atoms with Crippen molar-refractivity contribution in [3.05, 3.63) is 22.9 Å². The topological polar surface area (TPSA) is 60.4 Å². The van der Waals surface area contributed by atoms with Gasteiger partial charge in [-0.05, 0) is 23.6 Å². The minimum Gasteiger partial charge on any atom is -0.300 e. The molecule has 0 N–H and O–H groups in total. The fourth-order valence-corrected chi connectivity index (χ4v) is 2.58. The van der Waals surface area contributed by atoms with Gasteiger partial charge in [0.25, 0.3) is 0 Å². The number of alkyl halides is 3. The lowest BCUT2D eigenvalue weighted by Gasteiger charge is -2.21. The van der Waals surface area contributed by atoms with E-state index in [1.807, 2.05) is 22.9 Å². The Balaban J connectivity index is 0.000000333. The third-order valence-electron chi connectivity index (χ3n) is 2.46. The number of carbonyl (C=O) groups is 1.